The van der Waals surface area contributed by atoms with Crippen LogP contribution in [0.5, 0.6) is 0 Å². The van der Waals surface area contributed by atoms with Gasteiger partial charge in [-0.05, 0) is 28.8 Å². The maximum absolute atomic E-state index is 11.1. The molecule has 2 rings (SSSR count). The summed E-state index contributed by atoms with van der Waals surface area (Å²) in [7, 11) is 0. The number of hydrogen-bond donors (Lipinski definition) is 1. The summed E-state index contributed by atoms with van der Waals surface area (Å²) in [4.78, 5) is 10.7. The normalized spacial score (nSPS) is 12.6. The maximum Gasteiger partial charge on any atom is 0.231 e. The van der Waals surface area contributed by atoms with Gasteiger partial charge < -0.3 is 5.73 Å². The molecule has 2 aromatic carbocycles. The van der Waals surface area contributed by atoms with Crippen LogP contribution in [0.4, 0.5) is 0 Å². The SMILES string of the molecule is NC(=O)C(Br)Cc1ccc(Br)c2ccccc12. The molecule has 0 aliphatic carbocycles. The molecule has 88 valence electrons. The van der Waals surface area contributed by atoms with E-state index in [9.17, 15) is 4.79 Å². The van der Waals surface area contributed by atoms with Crippen LogP contribution < -0.4 is 5.73 Å². The Bertz CT molecular complexity index is 568. The summed E-state index contributed by atoms with van der Waals surface area (Å²) in [6.45, 7) is 0. The number of nitrogens with two attached hydrogens (primary N) is 1. The van der Waals surface area contributed by atoms with Gasteiger partial charge in [0.15, 0.2) is 0 Å². The van der Waals surface area contributed by atoms with E-state index >= 15 is 0 Å². The Labute approximate surface area is 116 Å². The molecule has 0 radical (unpaired) electrons. The first kappa shape index (κ1) is 12.6. The van der Waals surface area contributed by atoms with Crippen LogP contribution in [0.2, 0.25) is 0 Å². The Balaban J connectivity index is 2.48. The highest BCUT2D eigenvalue weighted by atomic mass is 79.9. The van der Waals surface area contributed by atoms with Crippen LogP contribution in [0.3, 0.4) is 0 Å². The van der Waals surface area contributed by atoms with E-state index in [0.29, 0.717) is 6.42 Å². The maximum atomic E-state index is 11.1. The molecule has 0 aliphatic heterocycles. The van der Waals surface area contributed by atoms with Crippen LogP contribution in [0.15, 0.2) is 40.9 Å². The predicted molar refractivity (Wildman–Crippen MR) is 77.3 cm³/mol. The number of alkyl halides is 1. The topological polar surface area (TPSA) is 43.1 Å². The number of carbonyl (C=O) groups excluding carboxylic acids is 1. The third kappa shape index (κ3) is 2.69. The van der Waals surface area contributed by atoms with Crippen LogP contribution in [0.25, 0.3) is 10.8 Å². The van der Waals surface area contributed by atoms with Crippen molar-refractivity contribution in [1.29, 1.82) is 0 Å². The first-order valence-corrected chi connectivity index (χ1v) is 6.90. The molecule has 1 unspecified atom stereocenters. The second-order valence-electron chi connectivity index (χ2n) is 3.83. The van der Waals surface area contributed by atoms with Crippen LogP contribution in [-0.2, 0) is 11.2 Å². The molecule has 0 bridgehead atoms. The highest BCUT2D eigenvalue weighted by molar-refractivity contribution is 9.10. The van der Waals surface area contributed by atoms with Crippen LogP contribution in [0.1, 0.15) is 5.56 Å². The van der Waals surface area contributed by atoms with Gasteiger partial charge >= 0.3 is 0 Å². The lowest BCUT2D eigenvalue weighted by Crippen LogP contribution is -2.25. The number of primary amides is 1. The second-order valence-corrected chi connectivity index (χ2v) is 5.79. The Morgan fingerprint density at radius 1 is 1.18 bits per heavy atom. The molecule has 2 aromatic rings. The van der Waals surface area contributed by atoms with Gasteiger partial charge in [0.05, 0.1) is 4.83 Å². The molecule has 2 nitrogen and oxygen atoms in total. The van der Waals surface area contributed by atoms with Gasteiger partial charge in [0.2, 0.25) is 5.91 Å². The largest absolute Gasteiger partial charge is 0.369 e. The molecule has 1 atom stereocenters. The number of carbonyl (C=O) groups is 1. The van der Waals surface area contributed by atoms with Gasteiger partial charge in [-0.25, -0.2) is 0 Å². The fourth-order valence-electron chi connectivity index (χ4n) is 1.80. The van der Waals surface area contributed by atoms with Gasteiger partial charge in [0.1, 0.15) is 0 Å². The van der Waals surface area contributed by atoms with E-state index in [2.05, 4.69) is 44.0 Å². The smallest absolute Gasteiger partial charge is 0.231 e. The first-order chi connectivity index (χ1) is 8.09. The summed E-state index contributed by atoms with van der Waals surface area (Å²) in [6.07, 6.45) is 0.600. The van der Waals surface area contributed by atoms with E-state index in [4.69, 9.17) is 5.73 Å². The van der Waals surface area contributed by atoms with E-state index < -0.39 is 0 Å². The zero-order chi connectivity index (χ0) is 12.4. The molecule has 0 saturated carbocycles. The Hall–Kier alpha value is -0.870. The molecule has 0 saturated heterocycles. The Morgan fingerprint density at radius 3 is 2.47 bits per heavy atom. The minimum Gasteiger partial charge on any atom is -0.369 e. The van der Waals surface area contributed by atoms with E-state index in [1.54, 1.807) is 0 Å². The molecule has 0 aliphatic rings. The van der Waals surface area contributed by atoms with Crippen molar-refractivity contribution >= 4 is 48.5 Å². The molecule has 0 aromatic heterocycles. The van der Waals surface area contributed by atoms with Crippen LogP contribution in [0, 0.1) is 0 Å². The van der Waals surface area contributed by atoms with Crippen molar-refractivity contribution in [2.45, 2.75) is 11.2 Å². The van der Waals surface area contributed by atoms with Crippen molar-refractivity contribution < 1.29 is 4.79 Å². The summed E-state index contributed by atoms with van der Waals surface area (Å²) in [5.41, 5.74) is 6.38. The summed E-state index contributed by atoms with van der Waals surface area (Å²) in [6, 6.07) is 12.1. The van der Waals surface area contributed by atoms with E-state index in [-0.39, 0.29) is 10.7 Å². The lowest BCUT2D eigenvalue weighted by Gasteiger charge is -2.10. The van der Waals surface area contributed by atoms with Crippen molar-refractivity contribution in [3.63, 3.8) is 0 Å². The van der Waals surface area contributed by atoms with Gasteiger partial charge in [0.25, 0.3) is 0 Å². The Morgan fingerprint density at radius 2 is 1.82 bits per heavy atom. The molecular weight excluding hydrogens is 346 g/mol. The monoisotopic (exact) mass is 355 g/mol. The average Bonchev–Trinajstić information content (AvgIpc) is 2.33. The Kier molecular flexibility index (Phi) is 3.84. The van der Waals surface area contributed by atoms with Gasteiger partial charge in [-0.15, -0.1) is 0 Å². The fourth-order valence-corrected chi connectivity index (χ4v) is 2.62. The number of rotatable bonds is 3. The van der Waals surface area contributed by atoms with Gasteiger partial charge in [0, 0.05) is 4.47 Å². The highest BCUT2D eigenvalue weighted by Crippen LogP contribution is 2.28. The molecule has 0 spiro atoms. The van der Waals surface area contributed by atoms with Gasteiger partial charge in [-0.1, -0.05) is 62.2 Å². The third-order valence-corrected chi connectivity index (χ3v) is 4.14. The van der Waals surface area contributed by atoms with Gasteiger partial charge in [-0.2, -0.15) is 0 Å². The second kappa shape index (κ2) is 5.19. The quantitative estimate of drug-likeness (QED) is 0.841. The molecular formula is C13H11Br2NO. The number of fused-ring (bicyclic) bond motifs is 1. The molecule has 0 fully saturated rings. The van der Waals surface area contributed by atoms with Crippen molar-refractivity contribution in [2.75, 3.05) is 0 Å². The third-order valence-electron chi connectivity index (χ3n) is 2.67. The minimum absolute atomic E-state index is 0.327. The number of halogens is 2. The summed E-state index contributed by atoms with van der Waals surface area (Å²) in [5.74, 6) is -0.336. The number of amides is 1. The van der Waals surface area contributed by atoms with E-state index in [1.165, 1.54) is 0 Å². The fraction of sp³-hybridized carbons (Fsp3) is 0.154. The number of hydrogen-bond acceptors (Lipinski definition) is 1. The van der Waals surface area contributed by atoms with Gasteiger partial charge in [-0.3, -0.25) is 4.79 Å². The van der Waals surface area contributed by atoms with Crippen molar-refractivity contribution in [2.24, 2.45) is 5.73 Å². The summed E-state index contributed by atoms with van der Waals surface area (Å²) >= 11 is 6.82. The zero-order valence-electron chi connectivity index (χ0n) is 8.99. The van der Waals surface area contributed by atoms with Crippen molar-refractivity contribution in [1.82, 2.24) is 0 Å². The minimum atomic E-state index is -0.336. The zero-order valence-corrected chi connectivity index (χ0v) is 12.2. The van der Waals surface area contributed by atoms with Crippen LogP contribution in [-0.4, -0.2) is 10.7 Å². The highest BCUT2D eigenvalue weighted by Gasteiger charge is 2.13. The molecule has 2 N–H and O–H groups in total. The van der Waals surface area contributed by atoms with E-state index in [0.717, 1.165) is 20.8 Å². The lowest BCUT2D eigenvalue weighted by atomic mass is 10.0. The summed E-state index contributed by atoms with van der Waals surface area (Å²) in [5, 5.41) is 2.29. The lowest BCUT2D eigenvalue weighted by molar-refractivity contribution is -0.117. The summed E-state index contributed by atoms with van der Waals surface area (Å²) < 4.78 is 1.06. The first-order valence-electron chi connectivity index (χ1n) is 5.19. The number of benzene rings is 2. The molecule has 4 heteroatoms. The molecule has 0 heterocycles. The molecule has 17 heavy (non-hydrogen) atoms. The predicted octanol–water partition coefficient (Wildman–Crippen LogP) is 3.39. The standard InChI is InChI=1S/C13H11Br2NO/c14-11-6-5-8(7-12(15)13(16)17)9-3-1-2-4-10(9)11/h1-6,12H,7H2,(H2,16,17). The average molecular weight is 357 g/mol. The van der Waals surface area contributed by atoms with Crippen molar-refractivity contribution in [3.8, 4) is 0 Å². The van der Waals surface area contributed by atoms with E-state index in [1.807, 2.05) is 24.3 Å². The van der Waals surface area contributed by atoms with Crippen molar-refractivity contribution in [3.05, 3.63) is 46.4 Å². The van der Waals surface area contributed by atoms with Crippen LogP contribution >= 0.6 is 31.9 Å². The molecule has 1 amide bonds.